The van der Waals surface area contributed by atoms with Crippen molar-refractivity contribution < 1.29 is 10.0 Å². The van der Waals surface area contributed by atoms with Crippen LogP contribution in [0.5, 0.6) is 0 Å². The van der Waals surface area contributed by atoms with Gasteiger partial charge < -0.3 is 16.2 Å². The molecule has 0 saturated heterocycles. The van der Waals surface area contributed by atoms with Gasteiger partial charge in [0, 0.05) is 6.07 Å². The third-order valence-corrected chi connectivity index (χ3v) is 1.96. The zero-order chi connectivity index (χ0) is 12.3. The number of aliphatic hydroxyl groups excluding tert-OH is 1. The number of pyridine rings is 1. The van der Waals surface area contributed by atoms with E-state index >= 15 is 0 Å². The number of nitro groups is 1. The van der Waals surface area contributed by atoms with Crippen molar-refractivity contribution in [1.82, 2.24) is 4.98 Å². The number of nitrogens with zero attached hydrogens (tertiary/aromatic N) is 2. The monoisotopic (exact) mass is 226 g/mol. The van der Waals surface area contributed by atoms with Crippen LogP contribution in [0.15, 0.2) is 12.1 Å². The van der Waals surface area contributed by atoms with Gasteiger partial charge in [-0.1, -0.05) is 0 Å². The molecular weight excluding hydrogens is 212 g/mol. The van der Waals surface area contributed by atoms with Crippen LogP contribution in [0.4, 0.5) is 17.3 Å². The Morgan fingerprint density at radius 3 is 2.69 bits per heavy atom. The Hall–Kier alpha value is -1.89. The highest BCUT2D eigenvalue weighted by Crippen LogP contribution is 2.22. The Balaban J connectivity index is 2.94. The zero-order valence-corrected chi connectivity index (χ0v) is 9.10. The van der Waals surface area contributed by atoms with Gasteiger partial charge in [0.1, 0.15) is 5.82 Å². The van der Waals surface area contributed by atoms with Crippen molar-refractivity contribution in [3.8, 4) is 0 Å². The van der Waals surface area contributed by atoms with Crippen molar-refractivity contribution in [1.29, 1.82) is 0 Å². The molecule has 7 heteroatoms. The number of anilines is 2. The number of nitrogen functional groups attached to an aromatic ring is 1. The van der Waals surface area contributed by atoms with Gasteiger partial charge in [-0.15, -0.1) is 0 Å². The summed E-state index contributed by atoms with van der Waals surface area (Å²) < 4.78 is 0. The molecule has 1 rings (SSSR count). The lowest BCUT2D eigenvalue weighted by atomic mass is 10.1. The molecule has 0 spiro atoms. The van der Waals surface area contributed by atoms with Crippen LogP contribution in [0, 0.1) is 10.1 Å². The minimum atomic E-state index is -0.594. The maximum Gasteiger partial charge on any atom is 0.311 e. The molecule has 0 unspecified atom stereocenters. The second-order valence-corrected chi connectivity index (χ2v) is 4.02. The first-order valence-electron chi connectivity index (χ1n) is 4.66. The first-order valence-corrected chi connectivity index (χ1v) is 4.66. The van der Waals surface area contributed by atoms with E-state index in [1.54, 1.807) is 13.8 Å². The lowest BCUT2D eigenvalue weighted by molar-refractivity contribution is -0.384. The maximum absolute atomic E-state index is 10.5. The standard InChI is InChI=1S/C9H14N4O3/c1-9(2,5-14)12-7-4-3-6(13(15)16)8(10)11-7/h3-4,14H,5H2,1-2H3,(H3,10,11,12). The Morgan fingerprint density at radius 2 is 2.25 bits per heavy atom. The average molecular weight is 226 g/mol. The van der Waals surface area contributed by atoms with Gasteiger partial charge in [-0.3, -0.25) is 10.1 Å². The van der Waals surface area contributed by atoms with Crippen LogP contribution in [0.1, 0.15) is 13.8 Å². The largest absolute Gasteiger partial charge is 0.394 e. The number of hydrogen-bond donors (Lipinski definition) is 3. The Kier molecular flexibility index (Phi) is 3.28. The molecule has 0 bridgehead atoms. The summed E-state index contributed by atoms with van der Waals surface area (Å²) in [6.07, 6.45) is 0. The molecule has 1 aromatic heterocycles. The van der Waals surface area contributed by atoms with Crippen molar-refractivity contribution in [2.24, 2.45) is 0 Å². The maximum atomic E-state index is 10.5. The van der Waals surface area contributed by atoms with Crippen molar-refractivity contribution in [3.05, 3.63) is 22.2 Å². The van der Waals surface area contributed by atoms with Crippen molar-refractivity contribution in [3.63, 3.8) is 0 Å². The van der Waals surface area contributed by atoms with Crippen molar-refractivity contribution in [2.45, 2.75) is 19.4 Å². The number of aliphatic hydroxyl groups is 1. The molecule has 4 N–H and O–H groups in total. The van der Waals surface area contributed by atoms with E-state index < -0.39 is 10.5 Å². The van der Waals surface area contributed by atoms with E-state index in [-0.39, 0.29) is 18.1 Å². The third-order valence-electron chi connectivity index (χ3n) is 1.96. The van der Waals surface area contributed by atoms with Crippen LogP contribution in [0.3, 0.4) is 0 Å². The second-order valence-electron chi connectivity index (χ2n) is 4.02. The molecule has 0 aliphatic heterocycles. The third kappa shape index (κ3) is 2.80. The van der Waals surface area contributed by atoms with Crippen LogP contribution in [-0.2, 0) is 0 Å². The molecule has 1 heterocycles. The minimum absolute atomic E-state index is 0.0917. The van der Waals surface area contributed by atoms with Crippen LogP contribution in [0.2, 0.25) is 0 Å². The molecule has 0 aromatic carbocycles. The van der Waals surface area contributed by atoms with E-state index in [9.17, 15) is 10.1 Å². The Bertz CT molecular complexity index is 406. The molecule has 0 radical (unpaired) electrons. The van der Waals surface area contributed by atoms with E-state index in [0.29, 0.717) is 5.82 Å². The Morgan fingerprint density at radius 1 is 1.62 bits per heavy atom. The molecule has 1 aromatic rings. The first-order chi connectivity index (χ1) is 7.35. The molecule has 0 fully saturated rings. The van der Waals surface area contributed by atoms with Gasteiger partial charge >= 0.3 is 5.69 Å². The van der Waals surface area contributed by atoms with E-state index in [4.69, 9.17) is 10.8 Å². The predicted octanol–water partition coefficient (Wildman–Crippen LogP) is 0.755. The fourth-order valence-electron chi connectivity index (χ4n) is 1.08. The topological polar surface area (TPSA) is 114 Å². The SMILES string of the molecule is CC(C)(CO)Nc1ccc([N+](=O)[O-])c(N)n1. The van der Waals surface area contributed by atoms with Gasteiger partial charge in [-0.05, 0) is 19.9 Å². The van der Waals surface area contributed by atoms with Crippen molar-refractivity contribution >= 4 is 17.3 Å². The molecule has 0 amide bonds. The zero-order valence-electron chi connectivity index (χ0n) is 9.10. The quantitative estimate of drug-likeness (QED) is 0.515. The highest BCUT2D eigenvalue weighted by Gasteiger charge is 2.18. The van der Waals surface area contributed by atoms with E-state index in [1.807, 2.05) is 0 Å². The summed E-state index contributed by atoms with van der Waals surface area (Å²) >= 11 is 0. The van der Waals surface area contributed by atoms with Gasteiger partial charge in [0.2, 0.25) is 5.82 Å². The molecule has 0 aliphatic carbocycles. The molecule has 88 valence electrons. The molecule has 0 atom stereocenters. The molecular formula is C9H14N4O3. The average Bonchev–Trinajstić information content (AvgIpc) is 2.16. The molecule has 16 heavy (non-hydrogen) atoms. The number of hydrogen-bond acceptors (Lipinski definition) is 6. The molecule has 0 aliphatic rings. The van der Waals surface area contributed by atoms with Crippen LogP contribution >= 0.6 is 0 Å². The highest BCUT2D eigenvalue weighted by atomic mass is 16.6. The van der Waals surface area contributed by atoms with Gasteiger partial charge in [-0.25, -0.2) is 4.98 Å². The number of rotatable bonds is 4. The van der Waals surface area contributed by atoms with Gasteiger partial charge in [0.25, 0.3) is 0 Å². The number of aromatic nitrogens is 1. The summed E-state index contributed by atoms with van der Waals surface area (Å²) in [6, 6.07) is 2.73. The molecule has 7 nitrogen and oxygen atoms in total. The summed E-state index contributed by atoms with van der Waals surface area (Å²) in [7, 11) is 0. The van der Waals surface area contributed by atoms with Crippen LogP contribution in [-0.4, -0.2) is 27.2 Å². The number of nitrogens with one attached hydrogen (secondary N) is 1. The van der Waals surface area contributed by atoms with Crippen molar-refractivity contribution in [2.75, 3.05) is 17.7 Å². The van der Waals surface area contributed by atoms with Gasteiger partial charge in [0.15, 0.2) is 0 Å². The molecule has 0 saturated carbocycles. The number of nitrogens with two attached hydrogens (primary N) is 1. The van der Waals surface area contributed by atoms with Gasteiger partial charge in [0.05, 0.1) is 17.1 Å². The summed E-state index contributed by atoms with van der Waals surface area (Å²) in [6.45, 7) is 3.45. The lowest BCUT2D eigenvalue weighted by Crippen LogP contribution is -2.35. The normalized spacial score (nSPS) is 11.2. The first kappa shape index (κ1) is 12.2. The Labute approximate surface area is 92.4 Å². The lowest BCUT2D eigenvalue weighted by Gasteiger charge is -2.24. The van der Waals surface area contributed by atoms with E-state index in [2.05, 4.69) is 10.3 Å². The van der Waals surface area contributed by atoms with Crippen LogP contribution < -0.4 is 11.1 Å². The smallest absolute Gasteiger partial charge is 0.311 e. The van der Waals surface area contributed by atoms with E-state index in [1.165, 1.54) is 12.1 Å². The predicted molar refractivity (Wildman–Crippen MR) is 60.1 cm³/mol. The van der Waals surface area contributed by atoms with Gasteiger partial charge in [-0.2, -0.15) is 0 Å². The fourth-order valence-corrected chi connectivity index (χ4v) is 1.08. The highest BCUT2D eigenvalue weighted by molar-refractivity contribution is 5.57. The fraction of sp³-hybridized carbons (Fsp3) is 0.444. The summed E-state index contributed by atoms with van der Waals surface area (Å²) in [5, 5.41) is 22.4. The summed E-state index contributed by atoms with van der Waals surface area (Å²) in [4.78, 5) is 13.7. The summed E-state index contributed by atoms with van der Waals surface area (Å²) in [5.41, 5.74) is 4.64. The minimum Gasteiger partial charge on any atom is -0.394 e. The summed E-state index contributed by atoms with van der Waals surface area (Å²) in [5.74, 6) is 0.242. The second kappa shape index (κ2) is 4.31. The van der Waals surface area contributed by atoms with Crippen LogP contribution in [0.25, 0.3) is 0 Å². The van der Waals surface area contributed by atoms with E-state index in [0.717, 1.165) is 0 Å².